The van der Waals surface area contributed by atoms with Crippen LogP contribution in [0.4, 0.5) is 5.69 Å². The van der Waals surface area contributed by atoms with Gasteiger partial charge in [-0.15, -0.1) is 0 Å². The van der Waals surface area contributed by atoms with Gasteiger partial charge in [0.2, 0.25) is 0 Å². The molecule has 0 heterocycles. The van der Waals surface area contributed by atoms with Crippen molar-refractivity contribution in [1.29, 1.82) is 0 Å². The summed E-state index contributed by atoms with van der Waals surface area (Å²) in [5, 5.41) is 18.7. The van der Waals surface area contributed by atoms with Gasteiger partial charge in [0.1, 0.15) is 10.6 Å². The smallest absolute Gasteiger partial charge is 0.335 e. The number of halogens is 2. The Bertz CT molecular complexity index is 854. The number of phenols is 1. The molecule has 0 aliphatic rings. The zero-order valence-electron chi connectivity index (χ0n) is 10.7. The summed E-state index contributed by atoms with van der Waals surface area (Å²) in [6, 6.07) is 7.51. The molecule has 0 amide bonds. The van der Waals surface area contributed by atoms with Crippen LogP contribution in [-0.2, 0) is 10.0 Å². The summed E-state index contributed by atoms with van der Waals surface area (Å²) in [5.41, 5.74) is -0.187. The molecule has 2 aromatic rings. The van der Waals surface area contributed by atoms with E-state index in [1.165, 1.54) is 30.3 Å². The van der Waals surface area contributed by atoms with Crippen LogP contribution in [0.2, 0.25) is 5.02 Å². The largest absolute Gasteiger partial charge is 0.507 e. The predicted molar refractivity (Wildman–Crippen MR) is 85.0 cm³/mol. The summed E-state index contributed by atoms with van der Waals surface area (Å²) in [7, 11) is -4.11. The van der Waals surface area contributed by atoms with E-state index in [9.17, 15) is 18.3 Å². The lowest BCUT2D eigenvalue weighted by atomic mass is 10.2. The number of hydrogen-bond acceptors (Lipinski definition) is 4. The van der Waals surface area contributed by atoms with Crippen molar-refractivity contribution in [3.05, 3.63) is 51.5 Å². The van der Waals surface area contributed by atoms with Gasteiger partial charge >= 0.3 is 5.97 Å². The summed E-state index contributed by atoms with van der Waals surface area (Å²) < 4.78 is 27.2. The fourth-order valence-corrected chi connectivity index (χ4v) is 3.60. The Morgan fingerprint density at radius 2 is 1.86 bits per heavy atom. The molecular formula is C13H9BrClNO5S. The van der Waals surface area contributed by atoms with E-state index in [0.29, 0.717) is 4.47 Å². The summed E-state index contributed by atoms with van der Waals surface area (Å²) in [6.07, 6.45) is 0. The van der Waals surface area contributed by atoms with Crippen LogP contribution in [0.3, 0.4) is 0 Å². The number of nitrogens with one attached hydrogen (secondary N) is 1. The fourth-order valence-electron chi connectivity index (χ4n) is 1.69. The monoisotopic (exact) mass is 405 g/mol. The van der Waals surface area contributed by atoms with Crippen LogP contribution in [-0.4, -0.2) is 24.6 Å². The van der Waals surface area contributed by atoms with Crippen LogP contribution in [0.15, 0.2) is 45.8 Å². The van der Waals surface area contributed by atoms with Crippen molar-refractivity contribution in [1.82, 2.24) is 0 Å². The highest BCUT2D eigenvalue weighted by Gasteiger charge is 2.20. The fraction of sp³-hybridized carbons (Fsp3) is 0. The standard InChI is InChI=1S/C13H9BrClNO5S/c14-8-1-2-11(17)12(5-8)22(20,21)16-10-4-7(13(18)19)3-9(15)6-10/h1-6,16-17H,(H,18,19). The minimum Gasteiger partial charge on any atom is -0.507 e. The first-order chi connectivity index (χ1) is 10.2. The van der Waals surface area contributed by atoms with Crippen molar-refractivity contribution in [2.24, 2.45) is 0 Å². The first-order valence-electron chi connectivity index (χ1n) is 5.74. The maximum absolute atomic E-state index is 12.3. The maximum atomic E-state index is 12.3. The Morgan fingerprint density at radius 3 is 2.50 bits per heavy atom. The second-order valence-corrected chi connectivity index (χ2v) is 7.25. The molecule has 0 bridgehead atoms. The molecule has 0 aliphatic carbocycles. The molecule has 2 rings (SSSR count). The van der Waals surface area contributed by atoms with Crippen LogP contribution < -0.4 is 4.72 Å². The average Bonchev–Trinajstić information content (AvgIpc) is 2.40. The minimum atomic E-state index is -4.11. The number of sulfonamides is 1. The average molecular weight is 407 g/mol. The first kappa shape index (κ1) is 16.6. The van der Waals surface area contributed by atoms with Gasteiger partial charge in [0, 0.05) is 9.50 Å². The number of rotatable bonds is 4. The zero-order valence-corrected chi connectivity index (χ0v) is 13.9. The molecule has 9 heteroatoms. The third-order valence-corrected chi connectivity index (χ3v) is 4.73. The summed E-state index contributed by atoms with van der Waals surface area (Å²) in [6.45, 7) is 0. The Labute approximate surface area is 139 Å². The van der Waals surface area contributed by atoms with E-state index >= 15 is 0 Å². The van der Waals surface area contributed by atoms with E-state index < -0.39 is 21.7 Å². The lowest BCUT2D eigenvalue weighted by Crippen LogP contribution is -2.13. The topological polar surface area (TPSA) is 104 Å². The molecule has 0 aromatic heterocycles. The normalized spacial score (nSPS) is 11.2. The molecule has 0 aliphatic heterocycles. The summed E-state index contributed by atoms with van der Waals surface area (Å²) in [4.78, 5) is 10.6. The van der Waals surface area contributed by atoms with E-state index in [1.807, 2.05) is 0 Å². The van der Waals surface area contributed by atoms with Crippen molar-refractivity contribution < 1.29 is 23.4 Å². The van der Waals surface area contributed by atoms with E-state index in [1.54, 1.807) is 0 Å². The van der Waals surface area contributed by atoms with Crippen LogP contribution in [0.25, 0.3) is 0 Å². The van der Waals surface area contributed by atoms with Gasteiger partial charge in [-0.3, -0.25) is 4.72 Å². The van der Waals surface area contributed by atoms with Gasteiger partial charge in [0.25, 0.3) is 10.0 Å². The number of hydrogen-bond donors (Lipinski definition) is 3. The van der Waals surface area contributed by atoms with Crippen molar-refractivity contribution >= 4 is 49.2 Å². The van der Waals surface area contributed by atoms with Crippen LogP contribution in [0.1, 0.15) is 10.4 Å². The molecule has 0 unspecified atom stereocenters. The SMILES string of the molecule is O=C(O)c1cc(Cl)cc(NS(=O)(=O)c2cc(Br)ccc2O)c1. The molecule has 0 saturated carbocycles. The number of carboxylic acid groups (broad SMARTS) is 1. The lowest BCUT2D eigenvalue weighted by Gasteiger charge is -2.11. The third-order valence-electron chi connectivity index (χ3n) is 2.61. The van der Waals surface area contributed by atoms with Crippen molar-refractivity contribution in [3.63, 3.8) is 0 Å². The summed E-state index contributed by atoms with van der Waals surface area (Å²) in [5.74, 6) is -1.68. The van der Waals surface area contributed by atoms with Gasteiger partial charge < -0.3 is 10.2 Å². The molecule has 0 radical (unpaired) electrons. The van der Waals surface area contributed by atoms with Gasteiger partial charge in [0.05, 0.1) is 11.3 Å². The molecule has 6 nitrogen and oxygen atoms in total. The molecule has 0 atom stereocenters. The predicted octanol–water partition coefficient (Wildman–Crippen LogP) is 3.31. The van der Waals surface area contributed by atoms with E-state index in [-0.39, 0.29) is 21.2 Å². The Balaban J connectivity index is 2.45. The number of benzene rings is 2. The third kappa shape index (κ3) is 3.70. The molecule has 2 aromatic carbocycles. The quantitative estimate of drug-likeness (QED) is 0.723. The second kappa shape index (κ2) is 6.15. The van der Waals surface area contributed by atoms with E-state index in [4.69, 9.17) is 16.7 Å². The number of anilines is 1. The van der Waals surface area contributed by atoms with Gasteiger partial charge in [-0.2, -0.15) is 0 Å². The Hall–Kier alpha value is -1.77. The van der Waals surface area contributed by atoms with Gasteiger partial charge in [-0.1, -0.05) is 27.5 Å². The molecule has 0 fully saturated rings. The highest BCUT2D eigenvalue weighted by molar-refractivity contribution is 9.10. The number of aromatic carboxylic acids is 1. The number of phenolic OH excluding ortho intramolecular Hbond substituents is 1. The number of carbonyl (C=O) groups is 1. The Kier molecular flexibility index (Phi) is 4.64. The molecular weight excluding hydrogens is 398 g/mol. The van der Waals surface area contributed by atoms with Gasteiger partial charge in [0.15, 0.2) is 0 Å². The number of aromatic hydroxyl groups is 1. The molecule has 0 saturated heterocycles. The minimum absolute atomic E-state index is 0.0238. The van der Waals surface area contributed by atoms with Gasteiger partial charge in [-0.25, -0.2) is 13.2 Å². The van der Waals surface area contributed by atoms with Crippen LogP contribution >= 0.6 is 27.5 Å². The highest BCUT2D eigenvalue weighted by Crippen LogP contribution is 2.29. The lowest BCUT2D eigenvalue weighted by molar-refractivity contribution is 0.0697. The summed E-state index contributed by atoms with van der Waals surface area (Å²) >= 11 is 8.88. The maximum Gasteiger partial charge on any atom is 0.335 e. The molecule has 22 heavy (non-hydrogen) atoms. The molecule has 0 spiro atoms. The first-order valence-corrected chi connectivity index (χ1v) is 8.40. The van der Waals surface area contributed by atoms with Crippen molar-refractivity contribution in [3.8, 4) is 5.75 Å². The molecule has 116 valence electrons. The molecule has 3 N–H and O–H groups in total. The Morgan fingerprint density at radius 1 is 1.18 bits per heavy atom. The van der Waals surface area contributed by atoms with Crippen LogP contribution in [0.5, 0.6) is 5.75 Å². The van der Waals surface area contributed by atoms with E-state index in [2.05, 4.69) is 20.7 Å². The zero-order chi connectivity index (χ0) is 16.5. The van der Waals surface area contributed by atoms with Crippen molar-refractivity contribution in [2.75, 3.05) is 4.72 Å². The van der Waals surface area contributed by atoms with Crippen LogP contribution in [0, 0.1) is 0 Å². The highest BCUT2D eigenvalue weighted by atomic mass is 79.9. The second-order valence-electron chi connectivity index (χ2n) is 4.25. The number of carboxylic acids is 1. The van der Waals surface area contributed by atoms with Gasteiger partial charge in [-0.05, 0) is 36.4 Å². The van der Waals surface area contributed by atoms with Crippen molar-refractivity contribution in [2.45, 2.75) is 4.90 Å². The van der Waals surface area contributed by atoms with E-state index in [0.717, 1.165) is 6.07 Å².